The highest BCUT2D eigenvalue weighted by Crippen LogP contribution is 2.17. The van der Waals surface area contributed by atoms with Gasteiger partial charge in [-0.25, -0.2) is 4.68 Å². The second-order valence-corrected chi connectivity index (χ2v) is 3.66. The van der Waals surface area contributed by atoms with E-state index in [1.807, 2.05) is 0 Å². The van der Waals surface area contributed by atoms with E-state index in [1.54, 1.807) is 26.1 Å². The minimum absolute atomic E-state index is 0.167. The normalized spacial score (nSPS) is 10.2. The summed E-state index contributed by atoms with van der Waals surface area (Å²) in [4.78, 5) is 15.7. The zero-order chi connectivity index (χ0) is 12.4. The third-order valence-corrected chi connectivity index (χ3v) is 2.40. The molecule has 0 aliphatic carbocycles. The van der Waals surface area contributed by atoms with Crippen LogP contribution < -0.4 is 5.32 Å². The minimum Gasteiger partial charge on any atom is -0.508 e. The van der Waals surface area contributed by atoms with Gasteiger partial charge in [0.25, 0.3) is 5.91 Å². The molecule has 2 N–H and O–H groups in total. The third-order valence-electron chi connectivity index (χ3n) is 2.40. The zero-order valence-corrected chi connectivity index (χ0v) is 9.51. The number of rotatable bonds is 2. The van der Waals surface area contributed by atoms with Gasteiger partial charge in [-0.15, -0.1) is 0 Å². The van der Waals surface area contributed by atoms with Crippen molar-refractivity contribution in [3.05, 3.63) is 35.7 Å². The van der Waals surface area contributed by atoms with Crippen molar-refractivity contribution in [2.75, 3.05) is 5.32 Å². The topological polar surface area (TPSA) is 80.0 Å². The lowest BCUT2D eigenvalue weighted by Gasteiger charge is -2.05. The van der Waals surface area contributed by atoms with E-state index in [2.05, 4.69) is 15.4 Å². The van der Waals surface area contributed by atoms with E-state index < -0.39 is 0 Å². The molecule has 0 spiro atoms. The summed E-state index contributed by atoms with van der Waals surface area (Å²) in [6.07, 6.45) is 1.36. The average Bonchev–Trinajstić information content (AvgIpc) is 2.68. The molecule has 2 aromatic rings. The van der Waals surface area contributed by atoms with E-state index in [0.29, 0.717) is 17.1 Å². The summed E-state index contributed by atoms with van der Waals surface area (Å²) in [7, 11) is 1.69. The largest absolute Gasteiger partial charge is 0.508 e. The van der Waals surface area contributed by atoms with Crippen molar-refractivity contribution >= 4 is 11.9 Å². The monoisotopic (exact) mass is 232 g/mol. The highest BCUT2D eigenvalue weighted by molar-refractivity contribution is 6.03. The number of aryl methyl sites for hydroxylation is 2. The first-order valence-corrected chi connectivity index (χ1v) is 5.03. The molecule has 0 saturated heterocycles. The number of aromatic nitrogens is 3. The first kappa shape index (κ1) is 11.1. The predicted octanol–water partition coefficient (Wildman–Crippen LogP) is 1.08. The Hall–Kier alpha value is -2.37. The number of nitrogens with one attached hydrogen (secondary N) is 1. The zero-order valence-electron chi connectivity index (χ0n) is 9.51. The van der Waals surface area contributed by atoms with Crippen LogP contribution >= 0.6 is 0 Å². The lowest BCUT2D eigenvalue weighted by Crippen LogP contribution is -2.15. The third kappa shape index (κ3) is 2.25. The fourth-order valence-electron chi connectivity index (χ4n) is 1.38. The first-order chi connectivity index (χ1) is 8.08. The van der Waals surface area contributed by atoms with Crippen LogP contribution in [0, 0.1) is 6.92 Å². The number of amides is 1. The number of benzene rings is 1. The Morgan fingerprint density at radius 3 is 2.82 bits per heavy atom. The molecule has 0 bridgehead atoms. The van der Waals surface area contributed by atoms with Crippen molar-refractivity contribution in [2.24, 2.45) is 7.05 Å². The van der Waals surface area contributed by atoms with Crippen molar-refractivity contribution in [2.45, 2.75) is 6.92 Å². The molecule has 2 rings (SSSR count). The lowest BCUT2D eigenvalue weighted by atomic mass is 10.1. The molecule has 0 atom stereocenters. The summed E-state index contributed by atoms with van der Waals surface area (Å²) in [5.74, 6) is 0.255. The maximum Gasteiger partial charge on any atom is 0.258 e. The lowest BCUT2D eigenvalue weighted by molar-refractivity contribution is 0.102. The molecule has 1 heterocycles. The molecule has 6 nitrogen and oxygen atoms in total. The second kappa shape index (κ2) is 4.25. The Labute approximate surface area is 97.9 Å². The highest BCUT2D eigenvalue weighted by atomic mass is 16.3. The molecule has 0 unspecified atom stereocenters. The van der Waals surface area contributed by atoms with E-state index in [1.165, 1.54) is 17.1 Å². The number of carbonyl (C=O) groups excluding carboxylic acids is 1. The molecule has 17 heavy (non-hydrogen) atoms. The number of phenolic OH excluding ortho intramolecular Hbond substituents is 1. The van der Waals surface area contributed by atoms with Crippen molar-refractivity contribution < 1.29 is 9.90 Å². The maximum atomic E-state index is 11.9. The Balaban J connectivity index is 2.20. The van der Waals surface area contributed by atoms with Crippen molar-refractivity contribution in [1.82, 2.24) is 14.8 Å². The number of aromatic hydroxyl groups is 1. The van der Waals surface area contributed by atoms with Crippen LogP contribution in [-0.4, -0.2) is 25.8 Å². The minimum atomic E-state index is -0.288. The highest BCUT2D eigenvalue weighted by Gasteiger charge is 2.10. The average molecular weight is 232 g/mol. The Kier molecular flexibility index (Phi) is 2.78. The number of nitrogens with zero attached hydrogens (tertiary/aromatic N) is 3. The molecule has 6 heteroatoms. The summed E-state index contributed by atoms with van der Waals surface area (Å²) < 4.78 is 1.46. The van der Waals surface area contributed by atoms with Gasteiger partial charge in [-0.3, -0.25) is 10.1 Å². The fraction of sp³-hybridized carbons (Fsp3) is 0.182. The van der Waals surface area contributed by atoms with Gasteiger partial charge in [-0.2, -0.15) is 10.1 Å². The van der Waals surface area contributed by atoms with Gasteiger partial charge in [0.15, 0.2) is 0 Å². The molecule has 0 aliphatic rings. The molecule has 1 amide bonds. The van der Waals surface area contributed by atoms with Gasteiger partial charge in [0.05, 0.1) is 0 Å². The first-order valence-electron chi connectivity index (χ1n) is 5.03. The van der Waals surface area contributed by atoms with Crippen LogP contribution in [0.5, 0.6) is 5.75 Å². The molecule has 1 aromatic heterocycles. The van der Waals surface area contributed by atoms with Gasteiger partial charge < -0.3 is 5.11 Å². The number of carbonyl (C=O) groups is 1. The molecule has 0 aliphatic heterocycles. The van der Waals surface area contributed by atoms with Crippen LogP contribution in [0.4, 0.5) is 5.95 Å². The molecule has 1 aromatic carbocycles. The van der Waals surface area contributed by atoms with Gasteiger partial charge in [0.2, 0.25) is 5.95 Å². The van der Waals surface area contributed by atoms with E-state index >= 15 is 0 Å². The van der Waals surface area contributed by atoms with Crippen LogP contribution in [0.15, 0.2) is 24.5 Å². The number of hydrogen-bond acceptors (Lipinski definition) is 4. The predicted molar refractivity (Wildman–Crippen MR) is 61.8 cm³/mol. The van der Waals surface area contributed by atoms with Crippen LogP contribution in [-0.2, 0) is 7.05 Å². The van der Waals surface area contributed by atoms with Gasteiger partial charge in [0, 0.05) is 12.6 Å². The van der Waals surface area contributed by atoms with Crippen molar-refractivity contribution in [1.29, 1.82) is 0 Å². The Morgan fingerprint density at radius 1 is 1.47 bits per heavy atom. The number of phenols is 1. The van der Waals surface area contributed by atoms with Gasteiger partial charge in [-0.05, 0) is 30.7 Å². The van der Waals surface area contributed by atoms with Gasteiger partial charge in [-0.1, -0.05) is 0 Å². The standard InChI is InChI=1S/C11H12N4O2/c1-7-5-8(3-4-9(7)16)10(17)14-11-12-6-13-15(11)2/h3-6,16H,1-2H3,(H,12,13,14,17). The number of hydrogen-bond donors (Lipinski definition) is 2. The molecule has 88 valence electrons. The summed E-state index contributed by atoms with van der Waals surface area (Å²) in [5, 5.41) is 15.8. The Morgan fingerprint density at radius 2 is 2.24 bits per heavy atom. The van der Waals surface area contributed by atoms with E-state index in [4.69, 9.17) is 0 Å². The van der Waals surface area contributed by atoms with Crippen molar-refractivity contribution in [3.63, 3.8) is 0 Å². The van der Waals surface area contributed by atoms with E-state index in [0.717, 1.165) is 0 Å². The quantitative estimate of drug-likeness (QED) is 0.812. The fourth-order valence-corrected chi connectivity index (χ4v) is 1.38. The molecule has 0 saturated carbocycles. The van der Waals surface area contributed by atoms with Crippen LogP contribution in [0.3, 0.4) is 0 Å². The molecule has 0 radical (unpaired) electrons. The summed E-state index contributed by atoms with van der Waals surface area (Å²) in [6.45, 7) is 1.73. The van der Waals surface area contributed by atoms with Gasteiger partial charge in [0.1, 0.15) is 12.1 Å². The van der Waals surface area contributed by atoms with Crippen LogP contribution in [0.25, 0.3) is 0 Å². The maximum absolute atomic E-state index is 11.9. The summed E-state index contributed by atoms with van der Waals surface area (Å²) in [6, 6.07) is 4.65. The second-order valence-electron chi connectivity index (χ2n) is 3.66. The number of anilines is 1. The SMILES string of the molecule is Cc1cc(C(=O)Nc2ncnn2C)ccc1O. The van der Waals surface area contributed by atoms with E-state index in [-0.39, 0.29) is 11.7 Å². The smallest absolute Gasteiger partial charge is 0.258 e. The molecular weight excluding hydrogens is 220 g/mol. The van der Waals surface area contributed by atoms with Gasteiger partial charge >= 0.3 is 0 Å². The summed E-state index contributed by atoms with van der Waals surface area (Å²) in [5.41, 5.74) is 1.11. The van der Waals surface area contributed by atoms with Crippen LogP contribution in [0.2, 0.25) is 0 Å². The van der Waals surface area contributed by atoms with Crippen LogP contribution in [0.1, 0.15) is 15.9 Å². The molecular formula is C11H12N4O2. The van der Waals surface area contributed by atoms with Crippen molar-refractivity contribution in [3.8, 4) is 5.75 Å². The Bertz CT molecular complexity index is 562. The molecule has 0 fully saturated rings. The summed E-state index contributed by atoms with van der Waals surface area (Å²) >= 11 is 0. The van der Waals surface area contributed by atoms with E-state index in [9.17, 15) is 9.90 Å².